The molecule has 0 atom stereocenters. The van der Waals surface area contributed by atoms with Crippen molar-refractivity contribution in [2.75, 3.05) is 20.2 Å². The molecule has 0 bridgehead atoms. The van der Waals surface area contributed by atoms with E-state index in [1.54, 1.807) is 13.2 Å². The van der Waals surface area contributed by atoms with Crippen LogP contribution in [0.5, 0.6) is 5.75 Å². The maximum Gasteiger partial charge on any atom is 0.143 e. The van der Waals surface area contributed by atoms with Crippen LogP contribution in [0.15, 0.2) is 72.8 Å². The Labute approximate surface area is 188 Å². The van der Waals surface area contributed by atoms with Gasteiger partial charge in [-0.05, 0) is 29.7 Å². The molecule has 1 saturated heterocycles. The molecule has 3 nitrogen and oxygen atoms in total. The summed E-state index contributed by atoms with van der Waals surface area (Å²) in [6.07, 6.45) is 1.12. The molecule has 30 heavy (non-hydrogen) atoms. The monoisotopic (exact) mass is 440 g/mol. The first-order valence-electron chi connectivity index (χ1n) is 10.2. The van der Waals surface area contributed by atoms with Crippen LogP contribution in [-0.2, 0) is 13.1 Å². The number of halogens is 2. The second-order valence-corrected chi connectivity index (χ2v) is 8.49. The third-order valence-corrected chi connectivity index (χ3v) is 6.06. The average Bonchev–Trinajstić information content (AvgIpc) is 2.75. The van der Waals surface area contributed by atoms with Gasteiger partial charge in [-0.15, -0.1) is 0 Å². The Bertz CT molecular complexity index is 916. The predicted octanol–water partition coefficient (Wildman–Crippen LogP) is 6.41. The van der Waals surface area contributed by atoms with Crippen LogP contribution in [0.25, 0.3) is 0 Å². The van der Waals surface area contributed by atoms with Gasteiger partial charge in [0.25, 0.3) is 0 Å². The minimum Gasteiger partial charge on any atom is -0.495 e. The van der Waals surface area contributed by atoms with E-state index < -0.39 is 0 Å². The summed E-state index contributed by atoms with van der Waals surface area (Å²) in [6.45, 7) is 3.70. The molecular weight excluding hydrogens is 415 g/mol. The summed E-state index contributed by atoms with van der Waals surface area (Å²) in [5.74, 6) is 0.698. The summed E-state index contributed by atoms with van der Waals surface area (Å²) >= 11 is 13.0. The zero-order chi connectivity index (χ0) is 20.9. The van der Waals surface area contributed by atoms with Crippen molar-refractivity contribution < 1.29 is 4.74 Å². The van der Waals surface area contributed by atoms with Crippen LogP contribution in [0.4, 0.5) is 0 Å². The van der Waals surface area contributed by atoms with Crippen molar-refractivity contribution in [3.63, 3.8) is 0 Å². The minimum absolute atomic E-state index is 0.0188. The third-order valence-electron chi connectivity index (χ3n) is 5.56. The van der Waals surface area contributed by atoms with Gasteiger partial charge in [-0.2, -0.15) is 0 Å². The summed E-state index contributed by atoms with van der Waals surface area (Å²) in [4.78, 5) is 4.98. The van der Waals surface area contributed by atoms with E-state index in [-0.39, 0.29) is 6.17 Å². The van der Waals surface area contributed by atoms with Gasteiger partial charge in [0.05, 0.1) is 18.3 Å². The molecule has 1 aliphatic heterocycles. The second-order valence-electron chi connectivity index (χ2n) is 7.65. The van der Waals surface area contributed by atoms with Gasteiger partial charge >= 0.3 is 0 Å². The van der Waals surface area contributed by atoms with Crippen molar-refractivity contribution in [2.45, 2.75) is 25.7 Å². The Morgan fingerprint density at radius 2 is 1.37 bits per heavy atom. The van der Waals surface area contributed by atoms with Gasteiger partial charge in [-0.1, -0.05) is 83.9 Å². The van der Waals surface area contributed by atoms with E-state index in [9.17, 15) is 0 Å². The van der Waals surface area contributed by atoms with E-state index in [2.05, 4.69) is 70.5 Å². The molecule has 0 saturated carbocycles. The van der Waals surface area contributed by atoms with E-state index in [0.717, 1.165) is 38.2 Å². The van der Waals surface area contributed by atoms with Crippen LogP contribution in [0.3, 0.4) is 0 Å². The first kappa shape index (κ1) is 21.2. The average molecular weight is 441 g/mol. The highest BCUT2D eigenvalue weighted by molar-refractivity contribution is 6.35. The molecule has 0 N–H and O–H groups in total. The Morgan fingerprint density at radius 1 is 0.833 bits per heavy atom. The number of nitrogens with zero attached hydrogens (tertiary/aromatic N) is 2. The van der Waals surface area contributed by atoms with Gasteiger partial charge in [0, 0.05) is 36.8 Å². The van der Waals surface area contributed by atoms with Gasteiger partial charge in [-0.3, -0.25) is 9.80 Å². The van der Waals surface area contributed by atoms with Crippen LogP contribution in [0.2, 0.25) is 10.0 Å². The molecule has 0 radical (unpaired) electrons. The molecule has 4 rings (SSSR count). The molecule has 3 aromatic rings. The Balaban J connectivity index is 1.74. The molecule has 0 spiro atoms. The second kappa shape index (κ2) is 9.84. The van der Waals surface area contributed by atoms with Crippen LogP contribution >= 0.6 is 23.2 Å². The van der Waals surface area contributed by atoms with Crippen molar-refractivity contribution in [3.8, 4) is 5.75 Å². The quantitative estimate of drug-likeness (QED) is 0.440. The number of methoxy groups -OCH3 is 1. The van der Waals surface area contributed by atoms with Crippen LogP contribution in [0.1, 0.15) is 29.3 Å². The molecule has 0 unspecified atom stereocenters. The number of rotatable bonds is 6. The number of benzene rings is 3. The van der Waals surface area contributed by atoms with E-state index >= 15 is 0 Å². The van der Waals surface area contributed by atoms with Gasteiger partial charge in [0.15, 0.2) is 0 Å². The summed E-state index contributed by atoms with van der Waals surface area (Å²) in [6, 6.07) is 24.9. The minimum atomic E-state index is 0.0188. The van der Waals surface area contributed by atoms with E-state index in [1.165, 1.54) is 11.1 Å². The first-order valence-corrected chi connectivity index (χ1v) is 11.0. The fourth-order valence-electron chi connectivity index (χ4n) is 4.30. The summed E-state index contributed by atoms with van der Waals surface area (Å²) < 4.78 is 5.74. The van der Waals surface area contributed by atoms with Crippen molar-refractivity contribution in [1.29, 1.82) is 0 Å². The lowest BCUT2D eigenvalue weighted by molar-refractivity contribution is -0.0103. The largest absolute Gasteiger partial charge is 0.495 e. The van der Waals surface area contributed by atoms with Gasteiger partial charge < -0.3 is 4.74 Å². The fourth-order valence-corrected chi connectivity index (χ4v) is 4.89. The zero-order valence-electron chi connectivity index (χ0n) is 17.1. The van der Waals surface area contributed by atoms with Crippen LogP contribution in [-0.4, -0.2) is 30.0 Å². The number of hydrogen-bond acceptors (Lipinski definition) is 3. The smallest absolute Gasteiger partial charge is 0.143 e. The van der Waals surface area contributed by atoms with Crippen molar-refractivity contribution in [3.05, 3.63) is 99.5 Å². The highest BCUT2D eigenvalue weighted by Gasteiger charge is 2.33. The lowest BCUT2D eigenvalue weighted by Crippen LogP contribution is -2.47. The molecule has 1 heterocycles. The highest BCUT2D eigenvalue weighted by Crippen LogP contribution is 2.41. The van der Waals surface area contributed by atoms with E-state index in [1.807, 2.05) is 6.07 Å². The Hall–Kier alpha value is -2.04. The molecule has 0 amide bonds. The molecule has 5 heteroatoms. The summed E-state index contributed by atoms with van der Waals surface area (Å²) in [7, 11) is 1.67. The SMILES string of the molecule is COc1c(Cl)cc(Cl)cc1C1N(Cc2ccccc2)CCCN1Cc1ccccc1. The fraction of sp³-hybridized carbons (Fsp3) is 0.280. The van der Waals surface area contributed by atoms with Gasteiger partial charge in [-0.25, -0.2) is 0 Å². The predicted molar refractivity (Wildman–Crippen MR) is 124 cm³/mol. The molecular formula is C25H26Cl2N2O. The summed E-state index contributed by atoms with van der Waals surface area (Å²) in [5.41, 5.74) is 3.59. The highest BCUT2D eigenvalue weighted by atomic mass is 35.5. The molecule has 0 aromatic heterocycles. The van der Waals surface area contributed by atoms with Crippen molar-refractivity contribution in [1.82, 2.24) is 9.80 Å². The van der Waals surface area contributed by atoms with Crippen LogP contribution in [0, 0.1) is 0 Å². The van der Waals surface area contributed by atoms with E-state index in [4.69, 9.17) is 27.9 Å². The van der Waals surface area contributed by atoms with E-state index in [0.29, 0.717) is 15.8 Å². The summed E-state index contributed by atoms with van der Waals surface area (Å²) in [5, 5.41) is 1.17. The Morgan fingerprint density at radius 3 is 1.87 bits per heavy atom. The van der Waals surface area contributed by atoms with Gasteiger partial charge in [0.1, 0.15) is 5.75 Å². The van der Waals surface area contributed by atoms with Crippen molar-refractivity contribution >= 4 is 23.2 Å². The first-order chi connectivity index (χ1) is 14.7. The Kier molecular flexibility index (Phi) is 6.96. The standard InChI is InChI=1S/C25H26Cl2N2O/c1-30-24-22(15-21(26)16-23(24)27)25-28(17-19-9-4-2-5-10-19)13-8-14-29(25)18-20-11-6-3-7-12-20/h2-7,9-12,15-16,25H,8,13-14,17-18H2,1H3. The maximum absolute atomic E-state index is 6.52. The zero-order valence-corrected chi connectivity index (χ0v) is 18.6. The molecule has 1 aliphatic rings. The normalized spacial score (nSPS) is 16.0. The molecule has 156 valence electrons. The number of hydrogen-bond donors (Lipinski definition) is 0. The number of ether oxygens (including phenoxy) is 1. The van der Waals surface area contributed by atoms with Crippen molar-refractivity contribution in [2.24, 2.45) is 0 Å². The van der Waals surface area contributed by atoms with Crippen LogP contribution < -0.4 is 4.74 Å². The lowest BCUT2D eigenvalue weighted by Gasteiger charge is -2.45. The topological polar surface area (TPSA) is 15.7 Å². The lowest BCUT2D eigenvalue weighted by atomic mass is 10.0. The third kappa shape index (κ3) is 4.81. The van der Waals surface area contributed by atoms with Gasteiger partial charge in [0.2, 0.25) is 0 Å². The molecule has 0 aliphatic carbocycles. The maximum atomic E-state index is 6.52. The molecule has 1 fully saturated rings. The molecule has 3 aromatic carbocycles.